The van der Waals surface area contributed by atoms with Crippen LogP contribution in [0.3, 0.4) is 0 Å². The van der Waals surface area contributed by atoms with Crippen molar-refractivity contribution in [3.05, 3.63) is 18.0 Å². The van der Waals surface area contributed by atoms with Gasteiger partial charge < -0.3 is 5.32 Å². The van der Waals surface area contributed by atoms with Crippen LogP contribution in [0.4, 0.5) is 19.0 Å². The fourth-order valence-electron chi connectivity index (χ4n) is 1.71. The molecule has 0 aliphatic carbocycles. The van der Waals surface area contributed by atoms with Gasteiger partial charge in [0.2, 0.25) is 0 Å². The van der Waals surface area contributed by atoms with E-state index in [1.165, 1.54) is 12.1 Å². The molecular weight excluding hydrogens is 307 g/mol. The van der Waals surface area contributed by atoms with Crippen molar-refractivity contribution in [2.75, 3.05) is 17.3 Å². The number of hydrogen-bond acceptors (Lipinski definition) is 5. The first-order valence-corrected chi connectivity index (χ1v) is 7.86. The Morgan fingerprint density at radius 1 is 1.38 bits per heavy atom. The maximum Gasteiger partial charge on any atom is 0.453 e. The zero-order chi connectivity index (χ0) is 15.6. The summed E-state index contributed by atoms with van der Waals surface area (Å²) in [7, 11) is -0.910. The maximum absolute atomic E-state index is 12.7. The largest absolute Gasteiger partial charge is 0.453 e. The predicted molar refractivity (Wildman–Crippen MR) is 72.4 cm³/mol. The van der Waals surface area contributed by atoms with Crippen molar-refractivity contribution < 1.29 is 17.4 Å². The fraction of sp³-hybridized carbons (Fsp3) is 0.545. The molecule has 6 nitrogen and oxygen atoms in total. The molecule has 1 N–H and O–H groups in total. The van der Waals surface area contributed by atoms with Gasteiger partial charge in [0.05, 0.1) is 0 Å². The fourth-order valence-corrected chi connectivity index (χ4v) is 2.40. The van der Waals surface area contributed by atoms with Gasteiger partial charge in [0, 0.05) is 28.9 Å². The number of fused-ring (bicyclic) bond motifs is 1. The first-order valence-electron chi connectivity index (χ1n) is 6.13. The number of aromatic nitrogens is 4. The van der Waals surface area contributed by atoms with Crippen molar-refractivity contribution in [1.29, 1.82) is 0 Å². The smallest absolute Gasteiger partial charge is 0.366 e. The van der Waals surface area contributed by atoms with E-state index < -0.39 is 22.8 Å². The second kappa shape index (κ2) is 5.96. The number of nitrogens with zero attached hydrogens (tertiary/aromatic N) is 4. The standard InChI is InChI=1S/C11H14F3N5OS/c1-7(5-6-21(2)20)15-8-3-4-9-16-17-10(11(12,13)14)19(9)18-8/h3-4,7H,5-6H2,1-2H3,(H,15,18). The van der Waals surface area contributed by atoms with Crippen LogP contribution in [0.5, 0.6) is 0 Å². The Balaban J connectivity index is 2.20. The van der Waals surface area contributed by atoms with E-state index in [2.05, 4.69) is 20.6 Å². The highest BCUT2D eigenvalue weighted by atomic mass is 32.2. The predicted octanol–water partition coefficient (Wildman–Crippen LogP) is 1.71. The molecule has 0 aliphatic rings. The summed E-state index contributed by atoms with van der Waals surface area (Å²) in [6.07, 6.45) is -2.39. The molecule has 0 aliphatic heterocycles. The quantitative estimate of drug-likeness (QED) is 0.908. The minimum Gasteiger partial charge on any atom is -0.366 e. The Morgan fingerprint density at radius 2 is 2.10 bits per heavy atom. The highest BCUT2D eigenvalue weighted by Crippen LogP contribution is 2.27. The Morgan fingerprint density at radius 3 is 2.71 bits per heavy atom. The Kier molecular flexibility index (Phi) is 4.45. The molecule has 2 rings (SSSR count). The second-order valence-corrected chi connectivity index (χ2v) is 6.18. The molecule has 116 valence electrons. The van der Waals surface area contributed by atoms with Crippen LogP contribution in [0.2, 0.25) is 0 Å². The van der Waals surface area contributed by atoms with Crippen molar-refractivity contribution in [2.24, 2.45) is 0 Å². The maximum atomic E-state index is 12.7. The van der Waals surface area contributed by atoms with Gasteiger partial charge in [-0.2, -0.15) is 17.7 Å². The van der Waals surface area contributed by atoms with Crippen molar-refractivity contribution >= 4 is 22.3 Å². The summed E-state index contributed by atoms with van der Waals surface area (Å²) in [5.74, 6) is -0.373. The molecule has 2 aromatic rings. The molecule has 0 bridgehead atoms. The molecule has 0 radical (unpaired) electrons. The van der Waals surface area contributed by atoms with Gasteiger partial charge in [0.15, 0.2) is 5.65 Å². The lowest BCUT2D eigenvalue weighted by Gasteiger charge is -2.13. The zero-order valence-electron chi connectivity index (χ0n) is 11.4. The van der Waals surface area contributed by atoms with Crippen LogP contribution in [-0.4, -0.2) is 42.1 Å². The van der Waals surface area contributed by atoms with Crippen LogP contribution in [0.25, 0.3) is 5.65 Å². The molecule has 10 heteroatoms. The summed E-state index contributed by atoms with van der Waals surface area (Å²) < 4.78 is 49.9. The van der Waals surface area contributed by atoms with Crippen LogP contribution >= 0.6 is 0 Å². The van der Waals surface area contributed by atoms with E-state index in [0.29, 0.717) is 16.7 Å². The van der Waals surface area contributed by atoms with Crippen molar-refractivity contribution in [1.82, 2.24) is 19.8 Å². The SMILES string of the molecule is CC(CCS(C)=O)Nc1ccc2nnc(C(F)(F)F)n2n1. The summed E-state index contributed by atoms with van der Waals surface area (Å²) in [5.41, 5.74) is 0.0233. The van der Waals surface area contributed by atoms with E-state index in [-0.39, 0.29) is 17.5 Å². The molecule has 0 saturated carbocycles. The van der Waals surface area contributed by atoms with Crippen LogP contribution in [0, 0.1) is 0 Å². The van der Waals surface area contributed by atoms with Crippen LogP contribution in [0.1, 0.15) is 19.2 Å². The molecular formula is C11H14F3N5OS. The normalized spacial score (nSPS) is 15.1. The van der Waals surface area contributed by atoms with E-state index in [9.17, 15) is 17.4 Å². The van der Waals surface area contributed by atoms with Gasteiger partial charge in [0.1, 0.15) is 5.82 Å². The molecule has 0 spiro atoms. The third-order valence-corrected chi connectivity index (χ3v) is 3.56. The molecule has 21 heavy (non-hydrogen) atoms. The van der Waals surface area contributed by atoms with Gasteiger partial charge in [-0.25, -0.2) is 0 Å². The van der Waals surface area contributed by atoms with E-state index in [1.54, 1.807) is 6.26 Å². The Hall–Kier alpha value is -1.71. The average Bonchev–Trinajstić information content (AvgIpc) is 2.79. The molecule has 2 unspecified atom stereocenters. The lowest BCUT2D eigenvalue weighted by Crippen LogP contribution is -2.20. The third-order valence-electron chi connectivity index (χ3n) is 2.75. The summed E-state index contributed by atoms with van der Waals surface area (Å²) >= 11 is 0. The van der Waals surface area contributed by atoms with E-state index in [0.717, 1.165) is 0 Å². The van der Waals surface area contributed by atoms with Gasteiger partial charge in [-0.3, -0.25) is 4.21 Å². The topological polar surface area (TPSA) is 72.2 Å². The monoisotopic (exact) mass is 321 g/mol. The Labute approximate surface area is 121 Å². The average molecular weight is 321 g/mol. The Bertz CT molecular complexity index is 657. The van der Waals surface area contributed by atoms with Crippen LogP contribution in [-0.2, 0) is 17.0 Å². The third kappa shape index (κ3) is 3.90. The molecule has 0 amide bonds. The number of rotatable bonds is 5. The first-order chi connectivity index (χ1) is 9.77. The molecule has 0 aromatic carbocycles. The lowest BCUT2D eigenvalue weighted by molar-refractivity contribution is -0.146. The van der Waals surface area contributed by atoms with Gasteiger partial charge in [-0.15, -0.1) is 15.3 Å². The van der Waals surface area contributed by atoms with Crippen molar-refractivity contribution in [3.63, 3.8) is 0 Å². The van der Waals surface area contributed by atoms with Gasteiger partial charge in [0.25, 0.3) is 5.82 Å². The summed E-state index contributed by atoms with van der Waals surface area (Å²) in [4.78, 5) is 0. The summed E-state index contributed by atoms with van der Waals surface area (Å²) in [6.45, 7) is 1.84. The van der Waals surface area contributed by atoms with Crippen molar-refractivity contribution in [3.8, 4) is 0 Å². The molecule has 2 atom stereocenters. The number of nitrogens with one attached hydrogen (secondary N) is 1. The van der Waals surface area contributed by atoms with Crippen LogP contribution < -0.4 is 5.32 Å². The van der Waals surface area contributed by atoms with Gasteiger partial charge in [-0.1, -0.05) is 0 Å². The van der Waals surface area contributed by atoms with Gasteiger partial charge >= 0.3 is 6.18 Å². The minimum absolute atomic E-state index is 0.0233. The highest BCUT2D eigenvalue weighted by molar-refractivity contribution is 7.84. The summed E-state index contributed by atoms with van der Waals surface area (Å²) in [6, 6.07) is 2.87. The molecule has 2 heterocycles. The van der Waals surface area contributed by atoms with Gasteiger partial charge in [-0.05, 0) is 25.5 Å². The highest BCUT2D eigenvalue weighted by Gasteiger charge is 2.37. The minimum atomic E-state index is -4.62. The molecule has 2 aromatic heterocycles. The first kappa shape index (κ1) is 15.7. The summed E-state index contributed by atoms with van der Waals surface area (Å²) in [5, 5.41) is 13.4. The molecule has 0 fully saturated rings. The number of alkyl halides is 3. The molecule has 0 saturated heterocycles. The number of hydrogen-bond donors (Lipinski definition) is 1. The lowest BCUT2D eigenvalue weighted by atomic mass is 10.2. The second-order valence-electron chi connectivity index (χ2n) is 4.62. The van der Waals surface area contributed by atoms with E-state index in [4.69, 9.17) is 0 Å². The zero-order valence-corrected chi connectivity index (χ0v) is 12.2. The number of halogens is 3. The van der Waals surface area contributed by atoms with Crippen LogP contribution in [0.15, 0.2) is 12.1 Å². The van der Waals surface area contributed by atoms with E-state index in [1.807, 2.05) is 6.92 Å². The number of anilines is 1. The van der Waals surface area contributed by atoms with Crippen molar-refractivity contribution in [2.45, 2.75) is 25.6 Å². The van der Waals surface area contributed by atoms with E-state index >= 15 is 0 Å².